The summed E-state index contributed by atoms with van der Waals surface area (Å²) in [5.74, 6) is -0.00602. The maximum Gasteiger partial charge on any atom is 1.00 e. The molecule has 2 nitrogen and oxygen atoms in total. The van der Waals surface area contributed by atoms with Crippen LogP contribution >= 0.6 is 0 Å². The fourth-order valence-electron chi connectivity index (χ4n) is 0.835. The molecular weight excluding hydrogens is 280 g/mol. The van der Waals surface area contributed by atoms with E-state index in [1.54, 1.807) is 0 Å². The minimum atomic E-state index is -0.234. The second-order valence-electron chi connectivity index (χ2n) is 3.43. The Hall–Kier alpha value is 0.260. The van der Waals surface area contributed by atoms with Crippen molar-refractivity contribution >= 4 is 26.9 Å². The zero-order chi connectivity index (χ0) is 10.3. The summed E-state index contributed by atoms with van der Waals surface area (Å²) >= 11 is -0.234. The Morgan fingerprint density at radius 1 is 1.46 bits per heavy atom. The Morgan fingerprint density at radius 3 is 2.54 bits per heavy atom. The van der Waals surface area contributed by atoms with Crippen LogP contribution in [-0.4, -0.2) is 33.5 Å². The van der Waals surface area contributed by atoms with Gasteiger partial charge in [0.05, 0.1) is 0 Å². The summed E-state index contributed by atoms with van der Waals surface area (Å²) < 4.78 is 6.10. The van der Waals surface area contributed by atoms with Gasteiger partial charge >= 0.3 is 92.9 Å². The monoisotopic (exact) mass is 303 g/mol. The first-order chi connectivity index (χ1) is 6.04. The van der Waals surface area contributed by atoms with Crippen molar-refractivity contribution in [2.24, 2.45) is 0 Å². The molecule has 3 heteroatoms. The van der Waals surface area contributed by atoms with Gasteiger partial charge in [0.2, 0.25) is 0 Å². The van der Waals surface area contributed by atoms with Crippen LogP contribution in [0, 0.1) is 0 Å². The average Bonchev–Trinajstić information content (AvgIpc) is 2.05. The largest absolute Gasteiger partial charge is 1.00 e. The molecule has 0 aliphatic carbocycles. The van der Waals surface area contributed by atoms with Crippen LogP contribution in [0.5, 0.6) is 0 Å². The molecule has 0 aromatic heterocycles. The molecule has 0 amide bonds. The van der Waals surface area contributed by atoms with E-state index in [1.165, 1.54) is 17.3 Å². The first-order valence-corrected chi connectivity index (χ1v) is 7.67. The van der Waals surface area contributed by atoms with Crippen LogP contribution in [0.15, 0.2) is 0 Å². The van der Waals surface area contributed by atoms with Gasteiger partial charge in [-0.25, -0.2) is 0 Å². The van der Waals surface area contributed by atoms with Crippen LogP contribution in [0.3, 0.4) is 0 Å². The van der Waals surface area contributed by atoms with Crippen LogP contribution in [-0.2, 0) is 9.53 Å². The molecular formula is C10H21O2Te+. The Kier molecular flexibility index (Phi) is 6.81. The van der Waals surface area contributed by atoms with E-state index in [9.17, 15) is 4.79 Å². The molecule has 0 fully saturated rings. The number of rotatable bonds is 6. The molecule has 0 bridgehead atoms. The molecule has 0 aliphatic rings. The van der Waals surface area contributed by atoms with Crippen molar-refractivity contribution in [1.29, 1.82) is 0 Å². The first-order valence-electron chi connectivity index (χ1n) is 4.85. The normalized spacial score (nSPS) is 11.4. The van der Waals surface area contributed by atoms with Crippen molar-refractivity contribution < 1.29 is 11.0 Å². The van der Waals surface area contributed by atoms with Crippen molar-refractivity contribution in [3.8, 4) is 0 Å². The van der Waals surface area contributed by atoms with E-state index in [0.29, 0.717) is 6.61 Å². The smallest absolute Gasteiger partial charge is 1.00 e. The topological polar surface area (TPSA) is 26.3 Å². The fourth-order valence-corrected chi connectivity index (χ4v) is 4.03. The van der Waals surface area contributed by atoms with Crippen LogP contribution in [0.4, 0.5) is 0 Å². The summed E-state index contributed by atoms with van der Waals surface area (Å²) in [4.78, 5) is 11.5. The van der Waals surface area contributed by atoms with E-state index in [0.717, 1.165) is 0 Å². The maximum absolute atomic E-state index is 11.5. The number of esters is 1. The van der Waals surface area contributed by atoms with Gasteiger partial charge in [0.25, 0.3) is 0 Å². The number of hydrogen-bond donors (Lipinski definition) is 0. The number of ether oxygens (including phenoxy) is 1. The van der Waals surface area contributed by atoms with Crippen molar-refractivity contribution in [1.82, 2.24) is 0 Å². The molecule has 0 rings (SSSR count). The summed E-state index contributed by atoms with van der Waals surface area (Å²) in [5, 5.41) is 0. The van der Waals surface area contributed by atoms with Crippen LogP contribution < -0.4 is 0 Å². The van der Waals surface area contributed by atoms with Gasteiger partial charge in [0.1, 0.15) is 0 Å². The predicted octanol–water partition coefficient (Wildman–Crippen LogP) is 2.78. The van der Waals surface area contributed by atoms with E-state index < -0.39 is 0 Å². The van der Waals surface area contributed by atoms with E-state index in [4.69, 9.17) is 4.74 Å². The minimum absolute atomic E-state index is 0. The zero-order valence-corrected chi connectivity index (χ0v) is 11.4. The number of carbonyl (C=O) groups is 1. The molecule has 0 radical (unpaired) electrons. The number of unbranched alkanes of at least 4 members (excludes halogenated alkanes) is 1. The fraction of sp³-hybridized carbons (Fsp3) is 0.900. The third-order valence-electron chi connectivity index (χ3n) is 1.73. The second kappa shape index (κ2) is 6.67. The van der Waals surface area contributed by atoms with Gasteiger partial charge in [-0.2, -0.15) is 0 Å². The molecule has 0 saturated heterocycles. The van der Waals surface area contributed by atoms with Gasteiger partial charge in [-0.1, -0.05) is 0 Å². The molecule has 0 spiro atoms. The summed E-state index contributed by atoms with van der Waals surface area (Å²) in [5.41, 5.74) is 0. The Morgan fingerprint density at radius 2 is 2.08 bits per heavy atom. The predicted molar refractivity (Wildman–Crippen MR) is 57.3 cm³/mol. The molecule has 0 atom stereocenters. The zero-order valence-electron chi connectivity index (χ0n) is 10.1. The van der Waals surface area contributed by atoms with E-state index in [1.807, 2.05) is 20.8 Å². The summed E-state index contributed by atoms with van der Waals surface area (Å²) in [6.07, 6.45) is 2.48. The van der Waals surface area contributed by atoms with Crippen molar-refractivity contribution in [3.05, 3.63) is 0 Å². The van der Waals surface area contributed by atoms with Crippen molar-refractivity contribution in [2.45, 2.75) is 48.5 Å². The maximum atomic E-state index is 11.5. The number of carbonyl (C=O) groups excluding carboxylic acids is 1. The summed E-state index contributed by atoms with van der Waals surface area (Å²) in [6, 6.07) is 0. The van der Waals surface area contributed by atoms with Gasteiger partial charge in [-0.15, -0.1) is 0 Å². The van der Waals surface area contributed by atoms with E-state index in [2.05, 4.69) is 6.92 Å². The van der Waals surface area contributed by atoms with Crippen molar-refractivity contribution in [3.63, 3.8) is 0 Å². The Labute approximate surface area is 93.0 Å². The summed E-state index contributed by atoms with van der Waals surface area (Å²) in [6.45, 7) is 8.58. The standard InChI is InChI=1S/C10H20O2Te/c1-5-7-8-13-10(3,4)9(11)12-6-2/h5-8H2,1-4H3/p+1. The molecule has 0 heterocycles. The van der Waals surface area contributed by atoms with Crippen LogP contribution in [0.2, 0.25) is 7.93 Å². The SMILES string of the molecule is CCCC[Te]C(C)(C)C(=O)OCC.[H+]. The van der Waals surface area contributed by atoms with Gasteiger partial charge in [-0.3, -0.25) is 0 Å². The second-order valence-corrected chi connectivity index (χ2v) is 8.33. The van der Waals surface area contributed by atoms with E-state index >= 15 is 0 Å². The molecule has 13 heavy (non-hydrogen) atoms. The Balaban J connectivity index is 0. The van der Waals surface area contributed by atoms with Crippen LogP contribution in [0.25, 0.3) is 0 Å². The molecule has 0 aliphatic heterocycles. The third-order valence-corrected chi connectivity index (χ3v) is 5.67. The average molecular weight is 301 g/mol. The third kappa shape index (κ3) is 5.54. The van der Waals surface area contributed by atoms with Gasteiger partial charge in [0.15, 0.2) is 0 Å². The molecule has 0 N–H and O–H groups in total. The summed E-state index contributed by atoms with van der Waals surface area (Å²) in [7, 11) is 0. The minimum Gasteiger partial charge on any atom is 1.00 e. The van der Waals surface area contributed by atoms with Crippen molar-refractivity contribution in [2.75, 3.05) is 6.61 Å². The van der Waals surface area contributed by atoms with E-state index in [-0.39, 0.29) is 31.8 Å². The van der Waals surface area contributed by atoms with Crippen LogP contribution in [0.1, 0.15) is 42.0 Å². The molecule has 0 aromatic rings. The Bertz CT molecular complexity index is 160. The first kappa shape index (κ1) is 13.3. The molecule has 0 saturated carbocycles. The quantitative estimate of drug-likeness (QED) is 0.428. The molecule has 0 aromatic carbocycles. The van der Waals surface area contributed by atoms with Gasteiger partial charge < -0.3 is 0 Å². The molecule has 0 unspecified atom stereocenters. The van der Waals surface area contributed by atoms with Gasteiger partial charge in [0, 0.05) is 0 Å². The molecule has 78 valence electrons. The number of hydrogen-bond acceptors (Lipinski definition) is 2. The van der Waals surface area contributed by atoms with Gasteiger partial charge in [-0.05, 0) is 0 Å².